The Bertz CT molecular complexity index is 1100. The minimum absolute atomic E-state index is 0.0275. The summed E-state index contributed by atoms with van der Waals surface area (Å²) in [6, 6.07) is 13.3. The second-order valence-electron chi connectivity index (χ2n) is 8.18. The van der Waals surface area contributed by atoms with E-state index in [9.17, 15) is 4.79 Å². The molecular weight excluding hydrogens is 408 g/mol. The molecule has 0 aliphatic carbocycles. The van der Waals surface area contributed by atoms with Gasteiger partial charge in [-0.3, -0.25) is 4.79 Å². The lowest BCUT2D eigenvalue weighted by Gasteiger charge is -2.27. The van der Waals surface area contributed by atoms with Gasteiger partial charge >= 0.3 is 0 Å². The molecule has 7 heteroatoms. The van der Waals surface area contributed by atoms with Crippen molar-refractivity contribution in [1.29, 1.82) is 0 Å². The fraction of sp³-hybridized carbons (Fsp3) is 0.360. The fourth-order valence-electron chi connectivity index (χ4n) is 4.35. The number of nitrogens with zero attached hydrogens (tertiary/aromatic N) is 2. The van der Waals surface area contributed by atoms with Crippen LogP contribution in [-0.4, -0.2) is 35.7 Å². The van der Waals surface area contributed by atoms with Gasteiger partial charge in [-0.25, -0.2) is 0 Å². The van der Waals surface area contributed by atoms with Crippen molar-refractivity contribution in [3.8, 4) is 17.2 Å². The Balaban J connectivity index is 1.28. The number of fused-ring (bicyclic) bond motifs is 1. The third kappa shape index (κ3) is 3.90. The number of likely N-dealkylation sites (tertiary alicyclic amines) is 1. The third-order valence-corrected chi connectivity index (χ3v) is 6.13. The number of carbonyl (C=O) groups excluding carboxylic acids is 1. The number of amides is 1. The van der Waals surface area contributed by atoms with Crippen molar-refractivity contribution in [3.05, 3.63) is 70.6 Å². The van der Waals surface area contributed by atoms with Gasteiger partial charge in [0.25, 0.3) is 5.91 Å². The second kappa shape index (κ2) is 8.57. The number of hydrogen-bond acceptors (Lipinski definition) is 6. The minimum atomic E-state index is 0.0275. The molecule has 1 saturated heterocycles. The van der Waals surface area contributed by atoms with Crippen LogP contribution in [0.1, 0.15) is 51.8 Å². The van der Waals surface area contributed by atoms with Gasteiger partial charge in [0.1, 0.15) is 31.3 Å². The maximum Gasteiger partial charge on any atom is 0.254 e. The van der Waals surface area contributed by atoms with E-state index in [1.54, 1.807) is 0 Å². The number of rotatable bonds is 5. The van der Waals surface area contributed by atoms with Crippen molar-refractivity contribution in [2.45, 2.75) is 39.3 Å². The molecule has 5 rings (SSSR count). The van der Waals surface area contributed by atoms with Gasteiger partial charge in [0.2, 0.25) is 0 Å². The predicted octanol–water partition coefficient (Wildman–Crippen LogP) is 4.62. The van der Waals surface area contributed by atoms with Crippen LogP contribution in [0.3, 0.4) is 0 Å². The normalized spacial score (nSPS) is 17.4. The molecule has 0 bridgehead atoms. The molecule has 1 atom stereocenters. The van der Waals surface area contributed by atoms with Gasteiger partial charge in [-0.1, -0.05) is 11.2 Å². The molecule has 2 aliphatic rings. The predicted molar refractivity (Wildman–Crippen MR) is 117 cm³/mol. The zero-order valence-corrected chi connectivity index (χ0v) is 18.3. The average molecular weight is 434 g/mol. The van der Waals surface area contributed by atoms with Gasteiger partial charge in [-0.05, 0) is 68.7 Å². The summed E-state index contributed by atoms with van der Waals surface area (Å²) >= 11 is 0. The Morgan fingerprint density at radius 3 is 2.62 bits per heavy atom. The molecule has 0 unspecified atom stereocenters. The first-order valence-corrected chi connectivity index (χ1v) is 11.0. The Kier molecular flexibility index (Phi) is 5.47. The van der Waals surface area contributed by atoms with E-state index in [2.05, 4.69) is 5.16 Å². The fourth-order valence-corrected chi connectivity index (χ4v) is 4.35. The molecule has 1 aromatic heterocycles. The number of aromatic nitrogens is 1. The summed E-state index contributed by atoms with van der Waals surface area (Å²) in [6.07, 6.45) is 1.91. The van der Waals surface area contributed by atoms with Gasteiger partial charge in [0.05, 0.1) is 17.3 Å². The first-order chi connectivity index (χ1) is 15.6. The van der Waals surface area contributed by atoms with Crippen LogP contribution in [0.2, 0.25) is 0 Å². The Labute approximate surface area is 186 Å². The van der Waals surface area contributed by atoms with E-state index in [0.717, 1.165) is 53.5 Å². The third-order valence-electron chi connectivity index (χ3n) is 6.13. The lowest BCUT2D eigenvalue weighted by Crippen LogP contribution is -2.30. The van der Waals surface area contributed by atoms with Crippen LogP contribution in [0.4, 0.5) is 0 Å². The maximum atomic E-state index is 13.3. The van der Waals surface area contributed by atoms with E-state index in [1.165, 1.54) is 0 Å². The molecule has 0 spiro atoms. The monoisotopic (exact) mass is 434 g/mol. The van der Waals surface area contributed by atoms with Crippen LogP contribution < -0.4 is 14.2 Å². The molecule has 2 aromatic carbocycles. The van der Waals surface area contributed by atoms with Gasteiger partial charge in [-0.15, -0.1) is 0 Å². The number of hydrogen-bond donors (Lipinski definition) is 0. The molecule has 0 radical (unpaired) electrons. The maximum absolute atomic E-state index is 13.3. The van der Waals surface area contributed by atoms with E-state index in [-0.39, 0.29) is 11.9 Å². The first kappa shape index (κ1) is 20.4. The van der Waals surface area contributed by atoms with Crippen molar-refractivity contribution in [2.24, 2.45) is 0 Å². The van der Waals surface area contributed by atoms with E-state index >= 15 is 0 Å². The van der Waals surface area contributed by atoms with Crippen LogP contribution in [0.5, 0.6) is 17.2 Å². The number of benzene rings is 2. The smallest absolute Gasteiger partial charge is 0.254 e. The summed E-state index contributed by atoms with van der Waals surface area (Å²) in [5, 5.41) is 3.95. The molecule has 3 heterocycles. The standard InChI is InChI=1S/C25H26N2O5/c1-16-21(17(2)32-26-16)15-31-20-8-5-18(6-9-20)25(28)27-11-3-4-22(27)19-7-10-23-24(14-19)30-13-12-29-23/h5-10,14,22H,3-4,11-13,15H2,1-2H3/t22-/m0/s1. The Morgan fingerprint density at radius 2 is 1.88 bits per heavy atom. The lowest BCUT2D eigenvalue weighted by atomic mass is 10.0. The Morgan fingerprint density at radius 1 is 1.09 bits per heavy atom. The highest BCUT2D eigenvalue weighted by molar-refractivity contribution is 5.94. The summed E-state index contributed by atoms with van der Waals surface area (Å²) in [5.41, 5.74) is 3.51. The van der Waals surface area contributed by atoms with Crippen LogP contribution in [-0.2, 0) is 6.61 Å². The highest BCUT2D eigenvalue weighted by Crippen LogP contribution is 2.38. The lowest BCUT2D eigenvalue weighted by molar-refractivity contribution is 0.0735. The summed E-state index contributed by atoms with van der Waals surface area (Å²) < 4.78 is 22.4. The van der Waals surface area contributed by atoms with Gasteiger partial charge in [-0.2, -0.15) is 0 Å². The Hall–Kier alpha value is -3.48. The van der Waals surface area contributed by atoms with E-state index in [1.807, 2.05) is 61.2 Å². The molecular formula is C25H26N2O5. The van der Waals surface area contributed by atoms with Gasteiger partial charge < -0.3 is 23.6 Å². The van der Waals surface area contributed by atoms with Crippen molar-refractivity contribution in [2.75, 3.05) is 19.8 Å². The minimum Gasteiger partial charge on any atom is -0.489 e. The molecule has 2 aliphatic heterocycles. The van der Waals surface area contributed by atoms with Crippen molar-refractivity contribution in [1.82, 2.24) is 10.1 Å². The van der Waals surface area contributed by atoms with Crippen LogP contribution in [0.25, 0.3) is 0 Å². The molecule has 0 saturated carbocycles. The highest BCUT2D eigenvalue weighted by atomic mass is 16.6. The first-order valence-electron chi connectivity index (χ1n) is 11.0. The van der Waals surface area contributed by atoms with Crippen molar-refractivity contribution < 1.29 is 23.5 Å². The highest BCUT2D eigenvalue weighted by Gasteiger charge is 2.31. The summed E-state index contributed by atoms with van der Waals surface area (Å²) in [4.78, 5) is 15.2. The van der Waals surface area contributed by atoms with Crippen LogP contribution >= 0.6 is 0 Å². The SMILES string of the molecule is Cc1noc(C)c1COc1ccc(C(=O)N2CCC[C@H]2c2ccc3c(c2)OCCO3)cc1. The zero-order chi connectivity index (χ0) is 22.1. The zero-order valence-electron chi connectivity index (χ0n) is 18.3. The van der Waals surface area contributed by atoms with Crippen LogP contribution in [0, 0.1) is 13.8 Å². The average Bonchev–Trinajstić information content (AvgIpc) is 3.44. The summed E-state index contributed by atoms with van der Waals surface area (Å²) in [5.74, 6) is 3.01. The molecule has 166 valence electrons. The molecule has 32 heavy (non-hydrogen) atoms. The van der Waals surface area contributed by atoms with Crippen molar-refractivity contribution >= 4 is 5.91 Å². The van der Waals surface area contributed by atoms with Gasteiger partial charge in [0.15, 0.2) is 11.5 Å². The second-order valence-corrected chi connectivity index (χ2v) is 8.18. The molecule has 1 fully saturated rings. The quantitative estimate of drug-likeness (QED) is 0.583. The van der Waals surface area contributed by atoms with E-state index in [4.69, 9.17) is 18.7 Å². The number of aryl methyl sites for hydroxylation is 2. The number of ether oxygens (including phenoxy) is 3. The van der Waals surface area contributed by atoms with Crippen molar-refractivity contribution in [3.63, 3.8) is 0 Å². The summed E-state index contributed by atoms with van der Waals surface area (Å²) in [6.45, 7) is 6.00. The summed E-state index contributed by atoms with van der Waals surface area (Å²) in [7, 11) is 0. The molecule has 3 aromatic rings. The van der Waals surface area contributed by atoms with E-state index in [0.29, 0.717) is 31.1 Å². The van der Waals surface area contributed by atoms with E-state index < -0.39 is 0 Å². The largest absolute Gasteiger partial charge is 0.489 e. The van der Waals surface area contributed by atoms with Gasteiger partial charge in [0, 0.05) is 12.1 Å². The molecule has 7 nitrogen and oxygen atoms in total. The topological polar surface area (TPSA) is 74.0 Å². The number of carbonyl (C=O) groups is 1. The van der Waals surface area contributed by atoms with Crippen LogP contribution in [0.15, 0.2) is 47.0 Å². The molecule has 1 amide bonds. The molecule has 0 N–H and O–H groups in total.